The summed E-state index contributed by atoms with van der Waals surface area (Å²) in [6, 6.07) is 5.21. The first-order valence-electron chi connectivity index (χ1n) is 8.29. The van der Waals surface area contributed by atoms with Crippen LogP contribution in [0.15, 0.2) is 22.7 Å². The predicted octanol–water partition coefficient (Wildman–Crippen LogP) is 3.03. The third-order valence-corrected chi connectivity index (χ3v) is 8.34. The van der Waals surface area contributed by atoms with Crippen molar-refractivity contribution in [1.82, 2.24) is 4.90 Å². The van der Waals surface area contributed by atoms with Crippen molar-refractivity contribution in [3.63, 3.8) is 0 Å². The number of carbonyl (C=O) groups excluding carboxylic acids is 1. The molecule has 24 heavy (non-hydrogen) atoms. The minimum Gasteiger partial charge on any atom is -0.497 e. The molecule has 0 unspecified atom stereocenters. The van der Waals surface area contributed by atoms with Crippen LogP contribution in [0.4, 0.5) is 0 Å². The number of sulfone groups is 1. The number of benzene rings is 1. The smallest absolute Gasteiger partial charge is 0.255 e. The Bertz CT molecular complexity index is 722. The van der Waals surface area contributed by atoms with Crippen molar-refractivity contribution in [3.8, 4) is 5.75 Å². The minimum absolute atomic E-state index is 0.157. The molecule has 1 saturated carbocycles. The molecule has 132 valence electrons. The summed E-state index contributed by atoms with van der Waals surface area (Å²) in [4.78, 5) is 14.2. The lowest BCUT2D eigenvalue weighted by atomic mass is 10.0. The van der Waals surface area contributed by atoms with Gasteiger partial charge in [-0.1, -0.05) is 19.3 Å². The number of ether oxygens (including phenoxy) is 1. The average molecular weight is 416 g/mol. The normalized spacial score (nSPS) is 19.8. The van der Waals surface area contributed by atoms with Gasteiger partial charge in [0.15, 0.2) is 9.84 Å². The molecule has 7 heteroatoms. The Morgan fingerprint density at radius 1 is 1.17 bits per heavy atom. The van der Waals surface area contributed by atoms with Gasteiger partial charge >= 0.3 is 0 Å². The number of methoxy groups -OCH3 is 1. The Morgan fingerprint density at radius 3 is 2.46 bits per heavy atom. The minimum atomic E-state index is -3.13. The van der Waals surface area contributed by atoms with Crippen molar-refractivity contribution < 1.29 is 17.9 Å². The first-order valence-corrected chi connectivity index (χ1v) is 10.7. The van der Waals surface area contributed by atoms with Gasteiger partial charge in [0.05, 0.1) is 23.2 Å². The highest BCUT2D eigenvalue weighted by Gasteiger charge is 2.44. The van der Waals surface area contributed by atoms with Gasteiger partial charge in [-0.25, -0.2) is 8.42 Å². The van der Waals surface area contributed by atoms with Gasteiger partial charge in [-0.05, 0) is 47.0 Å². The molecular formula is C17H22BrNO4S. The van der Waals surface area contributed by atoms with E-state index in [2.05, 4.69) is 15.9 Å². The van der Waals surface area contributed by atoms with E-state index < -0.39 is 15.1 Å². The second-order valence-corrected chi connectivity index (χ2v) is 9.89. The molecule has 1 aliphatic heterocycles. The van der Waals surface area contributed by atoms with Gasteiger partial charge in [0.1, 0.15) is 5.75 Å². The number of carbonyl (C=O) groups is 1. The van der Waals surface area contributed by atoms with Gasteiger partial charge in [0, 0.05) is 17.6 Å². The van der Waals surface area contributed by atoms with Crippen LogP contribution in [0.2, 0.25) is 0 Å². The van der Waals surface area contributed by atoms with Gasteiger partial charge in [0.25, 0.3) is 5.91 Å². The summed E-state index contributed by atoms with van der Waals surface area (Å²) in [5, 5.41) is -0.619. The van der Waals surface area contributed by atoms with E-state index >= 15 is 0 Å². The summed E-state index contributed by atoms with van der Waals surface area (Å²) in [5.74, 6) is 0.448. The average Bonchev–Trinajstić information content (AvgIpc) is 2.54. The van der Waals surface area contributed by atoms with Crippen molar-refractivity contribution in [2.75, 3.05) is 20.2 Å². The highest BCUT2D eigenvalue weighted by atomic mass is 79.9. The molecule has 2 fully saturated rings. The monoisotopic (exact) mass is 415 g/mol. The SMILES string of the molecule is COc1ccc(Br)c(C(=O)N2CC(S(=O)(=O)C3CCCCC3)C2)c1. The number of hydrogen-bond acceptors (Lipinski definition) is 4. The first-order chi connectivity index (χ1) is 11.4. The zero-order valence-electron chi connectivity index (χ0n) is 13.7. The third kappa shape index (κ3) is 3.33. The van der Waals surface area contributed by atoms with E-state index in [4.69, 9.17) is 4.74 Å². The quantitative estimate of drug-likeness (QED) is 0.757. The maximum Gasteiger partial charge on any atom is 0.255 e. The molecule has 3 rings (SSSR count). The molecule has 1 heterocycles. The van der Waals surface area contributed by atoms with E-state index in [9.17, 15) is 13.2 Å². The van der Waals surface area contributed by atoms with Crippen LogP contribution < -0.4 is 4.74 Å². The van der Waals surface area contributed by atoms with Crippen LogP contribution in [-0.4, -0.2) is 49.9 Å². The zero-order valence-corrected chi connectivity index (χ0v) is 16.1. The molecular weight excluding hydrogens is 394 g/mol. The number of nitrogens with zero attached hydrogens (tertiary/aromatic N) is 1. The lowest BCUT2D eigenvalue weighted by Gasteiger charge is -2.41. The van der Waals surface area contributed by atoms with Crippen molar-refractivity contribution in [1.29, 1.82) is 0 Å². The fourth-order valence-electron chi connectivity index (χ4n) is 3.44. The van der Waals surface area contributed by atoms with Crippen LogP contribution in [0.3, 0.4) is 0 Å². The number of halogens is 1. The number of rotatable bonds is 4. The van der Waals surface area contributed by atoms with Crippen LogP contribution in [0.1, 0.15) is 42.5 Å². The molecule has 1 aromatic carbocycles. The van der Waals surface area contributed by atoms with E-state index in [1.165, 1.54) is 0 Å². The van der Waals surface area contributed by atoms with Gasteiger partial charge in [-0.15, -0.1) is 0 Å². The largest absolute Gasteiger partial charge is 0.497 e. The highest BCUT2D eigenvalue weighted by molar-refractivity contribution is 9.10. The number of amides is 1. The van der Waals surface area contributed by atoms with E-state index in [0.29, 0.717) is 28.9 Å². The Balaban J connectivity index is 1.67. The highest BCUT2D eigenvalue weighted by Crippen LogP contribution is 2.31. The van der Waals surface area contributed by atoms with Gasteiger partial charge in [-0.3, -0.25) is 4.79 Å². The van der Waals surface area contributed by atoms with Crippen LogP contribution in [0.25, 0.3) is 0 Å². The lowest BCUT2D eigenvalue weighted by molar-refractivity contribution is 0.0656. The molecule has 0 spiro atoms. The predicted molar refractivity (Wildman–Crippen MR) is 96.2 cm³/mol. The van der Waals surface area contributed by atoms with Gasteiger partial charge in [0.2, 0.25) is 0 Å². The van der Waals surface area contributed by atoms with Crippen LogP contribution in [0, 0.1) is 0 Å². The van der Waals surface area contributed by atoms with E-state index in [-0.39, 0.29) is 11.2 Å². The summed E-state index contributed by atoms with van der Waals surface area (Å²) < 4.78 is 31.2. The molecule has 0 bridgehead atoms. The third-order valence-electron chi connectivity index (χ3n) is 5.02. The maximum atomic E-state index is 12.7. The molecule has 0 N–H and O–H groups in total. The molecule has 1 aliphatic carbocycles. The molecule has 1 saturated heterocycles. The summed E-state index contributed by atoms with van der Waals surface area (Å²) in [6.07, 6.45) is 4.67. The van der Waals surface area contributed by atoms with Crippen LogP contribution in [0.5, 0.6) is 5.75 Å². The molecule has 2 aliphatic rings. The summed E-state index contributed by atoms with van der Waals surface area (Å²) in [7, 11) is -1.58. The lowest BCUT2D eigenvalue weighted by Crippen LogP contribution is -2.58. The van der Waals surface area contributed by atoms with E-state index in [1.54, 1.807) is 30.2 Å². The topological polar surface area (TPSA) is 63.7 Å². The van der Waals surface area contributed by atoms with E-state index in [1.807, 2.05) is 0 Å². The molecule has 1 aromatic rings. The summed E-state index contributed by atoms with van der Waals surface area (Å²) >= 11 is 3.38. The Morgan fingerprint density at radius 2 is 1.83 bits per heavy atom. The van der Waals surface area contributed by atoms with Crippen molar-refractivity contribution in [2.45, 2.75) is 42.6 Å². The van der Waals surface area contributed by atoms with Gasteiger partial charge < -0.3 is 9.64 Å². The molecule has 0 radical (unpaired) electrons. The van der Waals surface area contributed by atoms with Gasteiger partial charge in [-0.2, -0.15) is 0 Å². The summed E-state index contributed by atoms with van der Waals surface area (Å²) in [5.41, 5.74) is 0.503. The maximum absolute atomic E-state index is 12.7. The molecule has 1 amide bonds. The zero-order chi connectivity index (χ0) is 17.3. The van der Waals surface area contributed by atoms with E-state index in [0.717, 1.165) is 32.1 Å². The van der Waals surface area contributed by atoms with Crippen molar-refractivity contribution in [3.05, 3.63) is 28.2 Å². The fraction of sp³-hybridized carbons (Fsp3) is 0.588. The number of likely N-dealkylation sites (tertiary alicyclic amines) is 1. The molecule has 0 aromatic heterocycles. The standard InChI is InChI=1S/C17H22BrNO4S/c1-23-12-7-8-16(18)15(9-12)17(20)19-10-14(11-19)24(21,22)13-5-3-2-4-6-13/h7-9,13-14H,2-6,10-11H2,1H3. The second kappa shape index (κ2) is 7.04. The fourth-order valence-corrected chi connectivity index (χ4v) is 6.17. The first kappa shape index (κ1) is 17.7. The molecule has 5 nitrogen and oxygen atoms in total. The Kier molecular flexibility index (Phi) is 5.20. The Hall–Kier alpha value is -1.08. The number of hydrogen-bond donors (Lipinski definition) is 0. The molecule has 0 atom stereocenters. The Labute approximate surface area is 151 Å². The van der Waals surface area contributed by atoms with Crippen LogP contribution in [-0.2, 0) is 9.84 Å². The second-order valence-electron chi connectivity index (χ2n) is 6.53. The van der Waals surface area contributed by atoms with Crippen molar-refractivity contribution >= 4 is 31.7 Å². The van der Waals surface area contributed by atoms with Crippen LogP contribution >= 0.6 is 15.9 Å². The van der Waals surface area contributed by atoms with Crippen molar-refractivity contribution in [2.24, 2.45) is 0 Å². The summed E-state index contributed by atoms with van der Waals surface area (Å²) in [6.45, 7) is 0.586.